The quantitative estimate of drug-likeness (QED) is 0.338. The lowest BCUT2D eigenvalue weighted by molar-refractivity contribution is 0.173. The van der Waals surface area contributed by atoms with Crippen molar-refractivity contribution >= 4 is 10.2 Å². The van der Waals surface area contributed by atoms with E-state index in [1.807, 2.05) is 0 Å². The van der Waals surface area contributed by atoms with Crippen molar-refractivity contribution in [2.24, 2.45) is 0 Å². The van der Waals surface area contributed by atoms with Crippen LogP contribution in [0.15, 0.2) is 0 Å². The summed E-state index contributed by atoms with van der Waals surface area (Å²) in [6.07, 6.45) is 18.1. The topological polar surface area (TPSA) is 9.23 Å². The molecular formula is C15H34OSi. The second-order valence-corrected chi connectivity index (χ2v) is 5.66. The van der Waals surface area contributed by atoms with Crippen molar-refractivity contribution in [3.63, 3.8) is 0 Å². The third kappa shape index (κ3) is 16.2. The molecule has 0 atom stereocenters. The van der Waals surface area contributed by atoms with Crippen molar-refractivity contribution in [1.29, 1.82) is 0 Å². The van der Waals surface area contributed by atoms with Crippen molar-refractivity contribution in [3.05, 3.63) is 0 Å². The predicted octanol–water partition coefficient (Wildman–Crippen LogP) is 4.03. The van der Waals surface area contributed by atoms with Crippen LogP contribution in [0, 0.1) is 0 Å². The largest absolute Gasteiger partial charge is 0.386 e. The zero-order valence-corrected chi connectivity index (χ0v) is 14.3. The third-order valence-corrected chi connectivity index (χ3v) is 3.75. The molecular weight excluding hydrogens is 224 g/mol. The zero-order chi connectivity index (χ0) is 12.6. The number of unbranched alkanes of at least 4 members (excludes halogenated alkanes) is 11. The van der Waals surface area contributed by atoms with Crippen molar-refractivity contribution in [1.82, 2.24) is 0 Å². The second kappa shape index (κ2) is 16.2. The normalized spacial score (nSPS) is 11.1. The van der Waals surface area contributed by atoms with E-state index < -0.39 is 0 Å². The minimum Gasteiger partial charge on any atom is -0.386 e. The molecule has 0 aliphatic carbocycles. The number of ether oxygens (including phenoxy) is 1. The fraction of sp³-hybridized carbons (Fsp3) is 1.00. The second-order valence-electron chi connectivity index (χ2n) is 5.09. The molecule has 0 spiro atoms. The summed E-state index contributed by atoms with van der Waals surface area (Å²) in [5.41, 5.74) is 0. The van der Waals surface area contributed by atoms with Gasteiger partial charge in [0.2, 0.25) is 0 Å². The summed E-state index contributed by atoms with van der Waals surface area (Å²) in [5.74, 6) is 0. The van der Waals surface area contributed by atoms with E-state index in [-0.39, 0.29) is 0 Å². The van der Waals surface area contributed by atoms with E-state index >= 15 is 0 Å². The van der Waals surface area contributed by atoms with E-state index in [2.05, 4.69) is 6.92 Å². The molecule has 0 heterocycles. The Morgan fingerprint density at radius 1 is 0.647 bits per heavy atom. The maximum absolute atomic E-state index is 5.39. The van der Waals surface area contributed by atoms with Gasteiger partial charge in [-0.15, -0.1) is 0 Å². The molecule has 0 fully saturated rings. The molecule has 0 bridgehead atoms. The van der Waals surface area contributed by atoms with E-state index in [4.69, 9.17) is 4.74 Å². The molecule has 0 radical (unpaired) electrons. The molecule has 1 nitrogen and oxygen atoms in total. The smallest absolute Gasteiger partial charge is 0.0461 e. The van der Waals surface area contributed by atoms with Crippen LogP contribution in [0.4, 0.5) is 0 Å². The molecule has 2 heteroatoms. The highest BCUT2D eigenvalue weighted by atomic mass is 28.1. The maximum atomic E-state index is 5.39. The number of rotatable bonds is 14. The summed E-state index contributed by atoms with van der Waals surface area (Å²) in [4.78, 5) is 0. The highest BCUT2D eigenvalue weighted by Gasteiger charge is 1.93. The first-order valence-electron chi connectivity index (χ1n) is 7.99. The van der Waals surface area contributed by atoms with E-state index in [0.29, 0.717) is 0 Å². The van der Waals surface area contributed by atoms with Crippen molar-refractivity contribution in [3.8, 4) is 0 Å². The van der Waals surface area contributed by atoms with Gasteiger partial charge < -0.3 is 4.74 Å². The van der Waals surface area contributed by atoms with Crippen LogP contribution in [0.2, 0.25) is 0 Å². The van der Waals surface area contributed by atoms with Gasteiger partial charge in [0.25, 0.3) is 0 Å². The molecule has 17 heavy (non-hydrogen) atoms. The molecule has 0 aromatic rings. The minimum atomic E-state index is 1.00. The zero-order valence-electron chi connectivity index (χ0n) is 12.3. The van der Waals surface area contributed by atoms with Crippen molar-refractivity contribution in [2.45, 2.75) is 84.0 Å². The van der Waals surface area contributed by atoms with Crippen molar-refractivity contribution in [2.75, 3.05) is 12.8 Å². The Labute approximate surface area is 112 Å². The van der Waals surface area contributed by atoms with E-state index in [9.17, 15) is 0 Å². The molecule has 0 saturated carbocycles. The van der Waals surface area contributed by atoms with Crippen LogP contribution >= 0.6 is 0 Å². The molecule has 0 aliphatic heterocycles. The highest BCUT2D eigenvalue weighted by molar-refractivity contribution is 6.08. The molecule has 0 rings (SSSR count). The van der Waals surface area contributed by atoms with E-state index in [1.165, 1.54) is 87.3 Å². The van der Waals surface area contributed by atoms with E-state index in [0.717, 1.165) is 12.8 Å². The Hall–Kier alpha value is 0.177. The summed E-state index contributed by atoms with van der Waals surface area (Å²) >= 11 is 0. The van der Waals surface area contributed by atoms with E-state index in [1.54, 1.807) is 0 Å². The lowest BCUT2D eigenvalue weighted by atomic mass is 10.1. The Morgan fingerprint density at radius 3 is 1.47 bits per heavy atom. The van der Waals surface area contributed by atoms with Crippen LogP contribution in [0.3, 0.4) is 0 Å². The molecule has 0 unspecified atom stereocenters. The van der Waals surface area contributed by atoms with Crippen LogP contribution in [0.1, 0.15) is 84.0 Å². The first-order valence-corrected chi connectivity index (χ1v) is 9.41. The molecule has 0 aromatic carbocycles. The SMILES string of the molecule is CCCCCCCCCCCCCCOC[SiH3]. The van der Waals surface area contributed by atoms with Gasteiger partial charge in [-0.1, -0.05) is 77.6 Å². The van der Waals surface area contributed by atoms with Gasteiger partial charge in [-0.05, 0) is 6.42 Å². The molecule has 104 valence electrons. The molecule has 0 aromatic heterocycles. The molecule has 0 saturated heterocycles. The summed E-state index contributed by atoms with van der Waals surface area (Å²) < 4.78 is 5.39. The fourth-order valence-corrected chi connectivity index (χ4v) is 2.48. The van der Waals surface area contributed by atoms with Gasteiger partial charge in [-0.3, -0.25) is 0 Å². The van der Waals surface area contributed by atoms with Gasteiger partial charge in [0.05, 0.1) is 0 Å². The monoisotopic (exact) mass is 258 g/mol. The van der Waals surface area contributed by atoms with Crippen LogP contribution in [-0.4, -0.2) is 23.1 Å². The van der Waals surface area contributed by atoms with Gasteiger partial charge in [0.1, 0.15) is 0 Å². The van der Waals surface area contributed by atoms with Crippen molar-refractivity contribution < 1.29 is 4.74 Å². The molecule has 0 aliphatic rings. The summed E-state index contributed by atoms with van der Waals surface area (Å²) in [6, 6.07) is 0. The minimum absolute atomic E-state index is 1.00. The van der Waals surface area contributed by atoms with Gasteiger partial charge in [0, 0.05) is 23.1 Å². The Kier molecular flexibility index (Phi) is 16.3. The number of hydrogen-bond acceptors (Lipinski definition) is 1. The standard InChI is InChI=1S/C15H34OSi/c1-2-3-4-5-6-7-8-9-10-11-12-13-14-16-15-17/h2-15H2,1,17H3. The average Bonchev–Trinajstić information content (AvgIpc) is 2.35. The number of hydrogen-bond donors (Lipinski definition) is 0. The van der Waals surface area contributed by atoms with Crippen LogP contribution < -0.4 is 0 Å². The van der Waals surface area contributed by atoms with Gasteiger partial charge in [-0.25, -0.2) is 0 Å². The molecule has 0 amide bonds. The van der Waals surface area contributed by atoms with Gasteiger partial charge in [0.15, 0.2) is 0 Å². The van der Waals surface area contributed by atoms with Crippen LogP contribution in [0.25, 0.3) is 0 Å². The van der Waals surface area contributed by atoms with Gasteiger partial charge in [-0.2, -0.15) is 0 Å². The van der Waals surface area contributed by atoms with Gasteiger partial charge >= 0.3 is 0 Å². The lowest BCUT2D eigenvalue weighted by Gasteiger charge is -2.03. The summed E-state index contributed by atoms with van der Waals surface area (Å²) in [5, 5.41) is 0. The third-order valence-electron chi connectivity index (χ3n) is 3.35. The maximum Gasteiger partial charge on any atom is 0.0461 e. The summed E-state index contributed by atoms with van der Waals surface area (Å²) in [7, 11) is 1.19. The summed E-state index contributed by atoms with van der Waals surface area (Å²) in [6.45, 7) is 3.29. The lowest BCUT2D eigenvalue weighted by Crippen LogP contribution is -1.95. The fourth-order valence-electron chi connectivity index (χ4n) is 2.19. The Morgan fingerprint density at radius 2 is 1.06 bits per heavy atom. The van der Waals surface area contributed by atoms with Crippen LogP contribution in [-0.2, 0) is 4.74 Å². The highest BCUT2D eigenvalue weighted by Crippen LogP contribution is 2.11. The first-order chi connectivity index (χ1) is 8.41. The Balaban J connectivity index is 2.85. The molecule has 0 N–H and O–H groups in total. The first kappa shape index (κ1) is 17.2. The van der Waals surface area contributed by atoms with Crippen LogP contribution in [0.5, 0.6) is 0 Å². The average molecular weight is 259 g/mol. The predicted molar refractivity (Wildman–Crippen MR) is 81.8 cm³/mol. The Bertz CT molecular complexity index is 114.